The Balaban J connectivity index is 2.79. The Morgan fingerprint density at radius 1 is 1.56 bits per heavy atom. The van der Waals surface area contributed by atoms with E-state index in [4.69, 9.17) is 10.00 Å². The summed E-state index contributed by atoms with van der Waals surface area (Å²) in [4.78, 5) is 6.18. The van der Waals surface area contributed by atoms with Crippen molar-refractivity contribution in [1.29, 1.82) is 5.26 Å². The van der Waals surface area contributed by atoms with Crippen LogP contribution in [-0.4, -0.2) is 31.8 Å². The third kappa shape index (κ3) is 2.94. The quantitative estimate of drug-likeness (QED) is 0.708. The Hall–Kier alpha value is -1.60. The van der Waals surface area contributed by atoms with Gasteiger partial charge in [0, 0.05) is 26.4 Å². The largest absolute Gasteiger partial charge is 0.380 e. The summed E-state index contributed by atoms with van der Waals surface area (Å²) in [5, 5.41) is 9.07. The highest BCUT2D eigenvalue weighted by molar-refractivity contribution is 5.56. The van der Waals surface area contributed by atoms with Gasteiger partial charge in [-0.05, 0) is 25.5 Å². The maximum atomic E-state index is 9.07. The number of nitriles is 1. The number of rotatable bonds is 5. The molecule has 1 rings (SSSR count). The molecule has 0 atom stereocenters. The van der Waals surface area contributed by atoms with E-state index in [9.17, 15) is 0 Å². The van der Waals surface area contributed by atoms with Crippen LogP contribution in [0.3, 0.4) is 0 Å². The molecule has 4 nitrogen and oxygen atoms in total. The van der Waals surface area contributed by atoms with Crippen molar-refractivity contribution in [2.24, 2.45) is 0 Å². The lowest BCUT2D eigenvalue weighted by Gasteiger charge is -2.19. The van der Waals surface area contributed by atoms with Crippen molar-refractivity contribution >= 4 is 5.82 Å². The minimum absolute atomic E-state index is 0.640. The molecule has 16 heavy (non-hydrogen) atoms. The van der Waals surface area contributed by atoms with Crippen LogP contribution in [0.1, 0.15) is 18.1 Å². The number of anilines is 1. The fraction of sp³-hybridized carbons (Fsp3) is 0.500. The lowest BCUT2D eigenvalue weighted by atomic mass is 10.1. The molecule has 0 N–H and O–H groups in total. The van der Waals surface area contributed by atoms with E-state index in [0.717, 1.165) is 17.9 Å². The van der Waals surface area contributed by atoms with Gasteiger partial charge in [-0.1, -0.05) is 0 Å². The molecule has 0 aliphatic rings. The molecule has 0 radical (unpaired) electrons. The standard InChI is InChI=1S/C12H17N3O/c1-4-16-8-7-15(3)12-11(9-13)10(2)5-6-14-12/h5-6H,4,7-8H2,1-3H3. The number of likely N-dealkylation sites (N-methyl/N-ethyl adjacent to an activating group) is 1. The molecule has 0 spiro atoms. The summed E-state index contributed by atoms with van der Waals surface area (Å²) in [6.45, 7) is 5.97. The third-order valence-corrected chi connectivity index (χ3v) is 2.39. The SMILES string of the molecule is CCOCCN(C)c1nccc(C)c1C#N. The van der Waals surface area contributed by atoms with Crippen LogP contribution >= 0.6 is 0 Å². The monoisotopic (exact) mass is 219 g/mol. The van der Waals surface area contributed by atoms with E-state index in [0.29, 0.717) is 18.8 Å². The van der Waals surface area contributed by atoms with Gasteiger partial charge in [-0.15, -0.1) is 0 Å². The van der Waals surface area contributed by atoms with Gasteiger partial charge in [0.15, 0.2) is 0 Å². The average molecular weight is 219 g/mol. The van der Waals surface area contributed by atoms with Crippen LogP contribution < -0.4 is 4.90 Å². The van der Waals surface area contributed by atoms with Gasteiger partial charge in [0.05, 0.1) is 12.2 Å². The van der Waals surface area contributed by atoms with E-state index in [-0.39, 0.29) is 0 Å². The summed E-state index contributed by atoms with van der Waals surface area (Å²) in [7, 11) is 1.92. The van der Waals surface area contributed by atoms with Crippen LogP contribution in [0.15, 0.2) is 12.3 Å². The summed E-state index contributed by atoms with van der Waals surface area (Å²) in [6, 6.07) is 4.04. The van der Waals surface area contributed by atoms with Crippen molar-refractivity contribution in [3.63, 3.8) is 0 Å². The van der Waals surface area contributed by atoms with Gasteiger partial charge in [0.1, 0.15) is 11.9 Å². The minimum Gasteiger partial charge on any atom is -0.380 e. The molecule has 0 aliphatic carbocycles. The van der Waals surface area contributed by atoms with E-state index in [1.807, 2.05) is 31.9 Å². The highest BCUT2D eigenvalue weighted by Crippen LogP contribution is 2.18. The molecule has 0 unspecified atom stereocenters. The maximum Gasteiger partial charge on any atom is 0.146 e. The van der Waals surface area contributed by atoms with Crippen molar-refractivity contribution in [2.45, 2.75) is 13.8 Å². The molecule has 0 saturated heterocycles. The van der Waals surface area contributed by atoms with E-state index < -0.39 is 0 Å². The van der Waals surface area contributed by atoms with E-state index >= 15 is 0 Å². The lowest BCUT2D eigenvalue weighted by molar-refractivity contribution is 0.154. The number of ether oxygens (including phenoxy) is 1. The number of hydrogen-bond acceptors (Lipinski definition) is 4. The molecule has 0 saturated carbocycles. The van der Waals surface area contributed by atoms with Crippen LogP contribution in [0.2, 0.25) is 0 Å². The van der Waals surface area contributed by atoms with Crippen LogP contribution in [0.4, 0.5) is 5.82 Å². The fourth-order valence-electron chi connectivity index (χ4n) is 1.42. The van der Waals surface area contributed by atoms with E-state index in [2.05, 4.69) is 11.1 Å². The number of hydrogen-bond donors (Lipinski definition) is 0. The Kier molecular flexibility index (Phi) is 4.74. The van der Waals surface area contributed by atoms with Crippen molar-refractivity contribution < 1.29 is 4.74 Å². The fourth-order valence-corrected chi connectivity index (χ4v) is 1.42. The van der Waals surface area contributed by atoms with Gasteiger partial charge in [-0.2, -0.15) is 5.26 Å². The van der Waals surface area contributed by atoms with Crippen LogP contribution in [0.5, 0.6) is 0 Å². The zero-order valence-electron chi connectivity index (χ0n) is 10.0. The first-order valence-corrected chi connectivity index (χ1v) is 5.35. The first-order valence-electron chi connectivity index (χ1n) is 5.35. The second-order valence-corrected chi connectivity index (χ2v) is 3.56. The van der Waals surface area contributed by atoms with Gasteiger partial charge in [-0.25, -0.2) is 4.98 Å². The van der Waals surface area contributed by atoms with Gasteiger partial charge in [0.25, 0.3) is 0 Å². The highest BCUT2D eigenvalue weighted by Gasteiger charge is 2.10. The predicted octanol–water partition coefficient (Wildman–Crippen LogP) is 1.73. The molecule has 0 aromatic carbocycles. The van der Waals surface area contributed by atoms with Gasteiger partial charge >= 0.3 is 0 Å². The van der Waals surface area contributed by atoms with Crippen molar-refractivity contribution in [3.05, 3.63) is 23.4 Å². The molecule has 4 heteroatoms. The molecule has 1 heterocycles. The number of aryl methyl sites for hydroxylation is 1. The summed E-state index contributed by atoms with van der Waals surface area (Å²) in [5.41, 5.74) is 1.59. The van der Waals surface area contributed by atoms with Gasteiger partial charge < -0.3 is 9.64 Å². The third-order valence-electron chi connectivity index (χ3n) is 2.39. The Morgan fingerprint density at radius 2 is 2.31 bits per heavy atom. The lowest BCUT2D eigenvalue weighted by Crippen LogP contribution is -2.24. The molecular weight excluding hydrogens is 202 g/mol. The summed E-state index contributed by atoms with van der Waals surface area (Å²) >= 11 is 0. The topological polar surface area (TPSA) is 49.1 Å². The highest BCUT2D eigenvalue weighted by atomic mass is 16.5. The normalized spacial score (nSPS) is 9.88. The molecular formula is C12H17N3O. The zero-order chi connectivity index (χ0) is 12.0. The van der Waals surface area contributed by atoms with Crippen molar-refractivity contribution in [2.75, 3.05) is 31.7 Å². The predicted molar refractivity (Wildman–Crippen MR) is 63.5 cm³/mol. The maximum absolute atomic E-state index is 9.07. The van der Waals surface area contributed by atoms with E-state index in [1.165, 1.54) is 0 Å². The van der Waals surface area contributed by atoms with Crippen LogP contribution in [0.25, 0.3) is 0 Å². The van der Waals surface area contributed by atoms with Crippen molar-refractivity contribution in [1.82, 2.24) is 4.98 Å². The van der Waals surface area contributed by atoms with Gasteiger partial charge in [-0.3, -0.25) is 0 Å². The second kappa shape index (κ2) is 6.09. The summed E-state index contributed by atoms with van der Waals surface area (Å²) in [6.07, 6.45) is 1.72. The smallest absolute Gasteiger partial charge is 0.146 e. The first kappa shape index (κ1) is 12.5. The van der Waals surface area contributed by atoms with Crippen LogP contribution in [-0.2, 0) is 4.74 Å². The Morgan fingerprint density at radius 3 is 2.94 bits per heavy atom. The Bertz CT molecular complexity index is 384. The number of nitrogens with zero attached hydrogens (tertiary/aromatic N) is 3. The van der Waals surface area contributed by atoms with E-state index in [1.54, 1.807) is 6.20 Å². The molecule has 0 amide bonds. The Labute approximate surface area is 96.5 Å². The number of aromatic nitrogens is 1. The second-order valence-electron chi connectivity index (χ2n) is 3.56. The van der Waals surface area contributed by atoms with Gasteiger partial charge in [0.2, 0.25) is 0 Å². The molecule has 0 bridgehead atoms. The first-order chi connectivity index (χ1) is 7.70. The van der Waals surface area contributed by atoms with Crippen molar-refractivity contribution in [3.8, 4) is 6.07 Å². The molecule has 0 aliphatic heterocycles. The zero-order valence-corrected chi connectivity index (χ0v) is 10.0. The molecule has 1 aromatic rings. The molecule has 0 fully saturated rings. The number of pyridine rings is 1. The average Bonchev–Trinajstić information content (AvgIpc) is 2.29. The molecule has 1 aromatic heterocycles. The summed E-state index contributed by atoms with van der Waals surface area (Å²) < 4.78 is 5.28. The molecule has 86 valence electrons. The van der Waals surface area contributed by atoms with Crippen LogP contribution in [0, 0.1) is 18.3 Å². The summed E-state index contributed by atoms with van der Waals surface area (Å²) in [5.74, 6) is 0.724. The minimum atomic E-state index is 0.640.